The Kier molecular flexibility index (Phi) is 5.96. The van der Waals surface area contributed by atoms with Crippen molar-refractivity contribution in [1.82, 2.24) is 19.8 Å². The van der Waals surface area contributed by atoms with Crippen LogP contribution in [0, 0.1) is 5.92 Å². The maximum atomic E-state index is 12.7. The minimum atomic E-state index is -4.34. The summed E-state index contributed by atoms with van der Waals surface area (Å²) in [6.45, 7) is 5.28. The fourth-order valence-corrected chi connectivity index (χ4v) is 2.97. The molecule has 3 rings (SSSR count). The predicted octanol–water partition coefficient (Wildman–Crippen LogP) is 4.28. The number of halogens is 3. The van der Waals surface area contributed by atoms with Crippen molar-refractivity contribution in [3.63, 3.8) is 0 Å². The molecule has 2 aromatic rings. The van der Waals surface area contributed by atoms with Crippen LogP contribution >= 0.6 is 0 Å². The third kappa shape index (κ3) is 5.50. The Bertz CT molecular complexity index is 795. The van der Waals surface area contributed by atoms with Gasteiger partial charge in [-0.3, -0.25) is 0 Å². The average Bonchev–Trinajstić information content (AvgIpc) is 3.32. The van der Waals surface area contributed by atoms with E-state index < -0.39 is 11.7 Å². The summed E-state index contributed by atoms with van der Waals surface area (Å²) in [4.78, 5) is 18.6. The molecule has 0 saturated heterocycles. The highest BCUT2D eigenvalue weighted by molar-refractivity contribution is 5.74. The van der Waals surface area contributed by atoms with E-state index in [0.29, 0.717) is 31.4 Å². The van der Waals surface area contributed by atoms with Crippen molar-refractivity contribution in [2.45, 2.75) is 52.0 Å². The maximum absolute atomic E-state index is 12.7. The molecule has 1 aromatic carbocycles. The average molecular weight is 394 g/mol. The molecule has 0 unspecified atom stereocenters. The van der Waals surface area contributed by atoms with Crippen molar-refractivity contribution >= 4 is 6.03 Å². The summed E-state index contributed by atoms with van der Waals surface area (Å²) in [6, 6.07) is 5.04. The zero-order valence-corrected chi connectivity index (χ0v) is 16.0. The Labute approximate surface area is 162 Å². The molecule has 2 amide bonds. The minimum absolute atomic E-state index is 0.0427. The molecule has 0 atom stereocenters. The third-order valence-corrected chi connectivity index (χ3v) is 4.64. The van der Waals surface area contributed by atoms with Gasteiger partial charge >= 0.3 is 12.2 Å². The van der Waals surface area contributed by atoms with E-state index in [1.54, 1.807) is 17.3 Å². The number of urea groups is 1. The quantitative estimate of drug-likeness (QED) is 0.762. The van der Waals surface area contributed by atoms with Crippen LogP contribution in [0.2, 0.25) is 0 Å². The molecule has 152 valence electrons. The molecule has 1 aliphatic carbocycles. The number of hydrogen-bond donors (Lipinski definition) is 1. The number of rotatable bonds is 7. The summed E-state index contributed by atoms with van der Waals surface area (Å²) in [7, 11) is 0. The lowest BCUT2D eigenvalue weighted by molar-refractivity contribution is -0.137. The highest BCUT2D eigenvalue weighted by atomic mass is 19.4. The Morgan fingerprint density at radius 2 is 1.96 bits per heavy atom. The topological polar surface area (TPSA) is 50.2 Å². The molecule has 1 aliphatic rings. The number of aromatic nitrogens is 2. The lowest BCUT2D eigenvalue weighted by Gasteiger charge is -2.24. The molecule has 5 nitrogen and oxygen atoms in total. The second kappa shape index (κ2) is 8.24. The van der Waals surface area contributed by atoms with Crippen LogP contribution in [0.4, 0.5) is 18.0 Å². The molecule has 1 N–H and O–H groups in total. The molecular weight excluding hydrogens is 369 g/mol. The molecule has 28 heavy (non-hydrogen) atoms. The van der Waals surface area contributed by atoms with E-state index in [-0.39, 0.29) is 12.1 Å². The summed E-state index contributed by atoms with van der Waals surface area (Å²) in [6.07, 6.45) is 1.35. The van der Waals surface area contributed by atoms with Gasteiger partial charge in [0.1, 0.15) is 5.82 Å². The molecule has 1 saturated carbocycles. The van der Waals surface area contributed by atoms with Crippen LogP contribution < -0.4 is 5.32 Å². The van der Waals surface area contributed by atoms with Crippen molar-refractivity contribution in [3.8, 4) is 0 Å². The van der Waals surface area contributed by atoms with E-state index in [1.807, 2.05) is 18.4 Å². The van der Waals surface area contributed by atoms with Gasteiger partial charge in [-0.2, -0.15) is 13.2 Å². The fraction of sp³-hybridized carbons (Fsp3) is 0.500. The Hall–Kier alpha value is -2.51. The van der Waals surface area contributed by atoms with E-state index in [2.05, 4.69) is 10.3 Å². The van der Waals surface area contributed by atoms with Gasteiger partial charge in [0.05, 0.1) is 12.1 Å². The first-order valence-electron chi connectivity index (χ1n) is 9.44. The van der Waals surface area contributed by atoms with Crippen LogP contribution in [0.3, 0.4) is 0 Å². The van der Waals surface area contributed by atoms with Crippen LogP contribution in [-0.2, 0) is 19.3 Å². The highest BCUT2D eigenvalue weighted by Gasteiger charge is 2.30. The smallest absolute Gasteiger partial charge is 0.336 e. The molecule has 0 aliphatic heterocycles. The fourth-order valence-electron chi connectivity index (χ4n) is 2.97. The molecule has 8 heteroatoms. The van der Waals surface area contributed by atoms with E-state index >= 15 is 0 Å². The van der Waals surface area contributed by atoms with Gasteiger partial charge < -0.3 is 14.8 Å². The first-order valence-corrected chi connectivity index (χ1v) is 9.44. The number of nitrogens with zero attached hydrogens (tertiary/aromatic N) is 3. The van der Waals surface area contributed by atoms with Gasteiger partial charge in [-0.1, -0.05) is 12.1 Å². The van der Waals surface area contributed by atoms with Gasteiger partial charge in [0.2, 0.25) is 0 Å². The monoisotopic (exact) mass is 394 g/mol. The van der Waals surface area contributed by atoms with E-state index in [0.717, 1.165) is 30.5 Å². The number of imidazole rings is 1. The van der Waals surface area contributed by atoms with E-state index in [9.17, 15) is 18.0 Å². The van der Waals surface area contributed by atoms with Crippen molar-refractivity contribution in [3.05, 3.63) is 53.6 Å². The molecule has 1 aromatic heterocycles. The molecule has 0 spiro atoms. The van der Waals surface area contributed by atoms with Gasteiger partial charge in [-0.25, -0.2) is 9.78 Å². The van der Waals surface area contributed by atoms with Crippen molar-refractivity contribution in [2.75, 3.05) is 6.54 Å². The number of benzene rings is 1. The van der Waals surface area contributed by atoms with Crippen LogP contribution in [0.15, 0.2) is 36.7 Å². The second-order valence-corrected chi connectivity index (χ2v) is 7.59. The van der Waals surface area contributed by atoms with Crippen LogP contribution in [0.25, 0.3) is 0 Å². The molecule has 0 bridgehead atoms. The highest BCUT2D eigenvalue weighted by Crippen LogP contribution is 2.30. The van der Waals surface area contributed by atoms with Crippen LogP contribution in [0.5, 0.6) is 0 Å². The third-order valence-electron chi connectivity index (χ3n) is 4.64. The standard InChI is InChI=1S/C20H25F3N4O/c1-14(2)25-19(28)27(12-15-3-4-15)13-18-24-9-10-26(18)11-16-5-7-17(8-6-16)20(21,22)23/h5-10,14-15H,3-4,11-13H2,1-2H3,(H,25,28). The number of amides is 2. The Morgan fingerprint density at radius 1 is 1.29 bits per heavy atom. The molecular formula is C20H25F3N4O. The van der Waals surface area contributed by atoms with Crippen LogP contribution in [-0.4, -0.2) is 33.1 Å². The summed E-state index contributed by atoms with van der Waals surface area (Å²) in [5.41, 5.74) is 0.0793. The largest absolute Gasteiger partial charge is 0.416 e. The maximum Gasteiger partial charge on any atom is 0.416 e. The Morgan fingerprint density at radius 3 is 2.54 bits per heavy atom. The lowest BCUT2D eigenvalue weighted by atomic mass is 10.1. The molecule has 1 fully saturated rings. The Balaban J connectivity index is 1.70. The van der Waals surface area contributed by atoms with Gasteiger partial charge in [-0.05, 0) is 50.3 Å². The van der Waals surface area contributed by atoms with Gasteiger partial charge in [-0.15, -0.1) is 0 Å². The summed E-state index contributed by atoms with van der Waals surface area (Å²) in [5.74, 6) is 1.25. The zero-order valence-electron chi connectivity index (χ0n) is 16.0. The van der Waals surface area contributed by atoms with Gasteiger partial charge in [0.15, 0.2) is 0 Å². The van der Waals surface area contributed by atoms with Crippen molar-refractivity contribution < 1.29 is 18.0 Å². The lowest BCUT2D eigenvalue weighted by Crippen LogP contribution is -2.43. The normalized spacial score (nSPS) is 14.4. The summed E-state index contributed by atoms with van der Waals surface area (Å²) >= 11 is 0. The molecule has 0 radical (unpaired) electrons. The van der Waals surface area contributed by atoms with Crippen molar-refractivity contribution in [2.24, 2.45) is 5.92 Å². The number of nitrogens with one attached hydrogen (secondary N) is 1. The first-order chi connectivity index (χ1) is 13.2. The van der Waals surface area contributed by atoms with Gasteiger partial charge in [0.25, 0.3) is 0 Å². The van der Waals surface area contributed by atoms with E-state index in [4.69, 9.17) is 0 Å². The van der Waals surface area contributed by atoms with Gasteiger partial charge in [0, 0.05) is 31.5 Å². The van der Waals surface area contributed by atoms with Crippen molar-refractivity contribution in [1.29, 1.82) is 0 Å². The second-order valence-electron chi connectivity index (χ2n) is 7.59. The number of hydrogen-bond acceptors (Lipinski definition) is 2. The van der Waals surface area contributed by atoms with E-state index in [1.165, 1.54) is 12.1 Å². The number of carbonyl (C=O) groups is 1. The number of alkyl halides is 3. The molecule has 1 heterocycles. The number of carbonyl (C=O) groups excluding carboxylic acids is 1. The SMILES string of the molecule is CC(C)NC(=O)N(Cc1nccn1Cc1ccc(C(F)(F)F)cc1)CC1CC1. The predicted molar refractivity (Wildman–Crippen MR) is 99.6 cm³/mol. The van der Waals surface area contributed by atoms with Crippen LogP contribution in [0.1, 0.15) is 43.6 Å². The summed E-state index contributed by atoms with van der Waals surface area (Å²) < 4.78 is 40.0. The minimum Gasteiger partial charge on any atom is -0.336 e. The first kappa shape index (κ1) is 20.2. The summed E-state index contributed by atoms with van der Waals surface area (Å²) in [5, 5.41) is 2.92. The zero-order chi connectivity index (χ0) is 20.3.